The first-order chi connectivity index (χ1) is 13.5. The van der Waals surface area contributed by atoms with Crippen LogP contribution in [-0.4, -0.2) is 34.7 Å². The van der Waals surface area contributed by atoms with Gasteiger partial charge in [-0.2, -0.15) is 0 Å². The van der Waals surface area contributed by atoms with E-state index in [9.17, 15) is 9.59 Å². The van der Waals surface area contributed by atoms with Crippen molar-refractivity contribution in [3.05, 3.63) is 57.7 Å². The Morgan fingerprint density at radius 3 is 2.79 bits per heavy atom. The van der Waals surface area contributed by atoms with Crippen molar-refractivity contribution in [1.82, 2.24) is 9.88 Å². The number of carbonyl (C=O) groups excluding carboxylic acids is 2. The van der Waals surface area contributed by atoms with Gasteiger partial charge in [0.15, 0.2) is 5.78 Å². The van der Waals surface area contributed by atoms with Crippen LogP contribution in [0.3, 0.4) is 0 Å². The molecular formula is C23H26N2O2S. The van der Waals surface area contributed by atoms with E-state index < -0.39 is 0 Å². The number of nitrogens with zero attached hydrogens (tertiary/aromatic N) is 1. The van der Waals surface area contributed by atoms with Gasteiger partial charge >= 0.3 is 0 Å². The number of aryl methyl sites for hydroxylation is 1. The zero-order valence-electron chi connectivity index (χ0n) is 16.7. The van der Waals surface area contributed by atoms with Crippen molar-refractivity contribution in [3.8, 4) is 0 Å². The van der Waals surface area contributed by atoms with E-state index in [-0.39, 0.29) is 11.7 Å². The van der Waals surface area contributed by atoms with E-state index in [0.717, 1.165) is 43.6 Å². The maximum atomic E-state index is 13.2. The molecular weight excluding hydrogens is 368 g/mol. The summed E-state index contributed by atoms with van der Waals surface area (Å²) in [6.45, 7) is 6.84. The normalized spacial score (nSPS) is 17.2. The quantitative estimate of drug-likeness (QED) is 0.623. The molecule has 4 nitrogen and oxygen atoms in total. The molecule has 1 amide bonds. The monoisotopic (exact) mass is 394 g/mol. The molecule has 0 unspecified atom stereocenters. The molecule has 1 aromatic carbocycles. The van der Waals surface area contributed by atoms with Crippen LogP contribution in [0.25, 0.3) is 10.1 Å². The molecule has 3 heterocycles. The third-order valence-electron chi connectivity index (χ3n) is 5.88. The first-order valence-electron chi connectivity index (χ1n) is 9.90. The summed E-state index contributed by atoms with van der Waals surface area (Å²) >= 11 is 1.80. The smallest absolute Gasteiger partial charge is 0.270 e. The molecule has 1 atom stereocenters. The Hall–Kier alpha value is -2.40. The number of fused-ring (bicyclic) bond motifs is 1. The number of benzene rings is 1. The summed E-state index contributed by atoms with van der Waals surface area (Å²) in [6.07, 6.45) is 3.18. The van der Waals surface area contributed by atoms with Gasteiger partial charge in [0, 0.05) is 29.0 Å². The Kier molecular flexibility index (Phi) is 5.11. The lowest BCUT2D eigenvalue weighted by Gasteiger charge is -2.32. The van der Waals surface area contributed by atoms with Crippen LogP contribution in [0.2, 0.25) is 0 Å². The fraction of sp³-hybridized carbons (Fsp3) is 0.391. The Balaban J connectivity index is 1.52. The van der Waals surface area contributed by atoms with Crippen molar-refractivity contribution in [3.63, 3.8) is 0 Å². The lowest BCUT2D eigenvalue weighted by Crippen LogP contribution is -2.41. The third-order valence-corrected chi connectivity index (χ3v) is 6.89. The van der Waals surface area contributed by atoms with E-state index in [0.29, 0.717) is 17.2 Å². The van der Waals surface area contributed by atoms with Crippen LogP contribution in [0.4, 0.5) is 0 Å². The van der Waals surface area contributed by atoms with Crippen molar-refractivity contribution < 1.29 is 9.59 Å². The molecule has 0 saturated carbocycles. The highest BCUT2D eigenvalue weighted by Gasteiger charge is 2.28. The molecule has 0 aliphatic carbocycles. The minimum Gasteiger partial charge on any atom is -0.354 e. The molecule has 5 heteroatoms. The van der Waals surface area contributed by atoms with Crippen molar-refractivity contribution in [2.24, 2.45) is 5.92 Å². The summed E-state index contributed by atoms with van der Waals surface area (Å²) in [6, 6.07) is 8.54. The van der Waals surface area contributed by atoms with Gasteiger partial charge in [-0.3, -0.25) is 9.59 Å². The van der Waals surface area contributed by atoms with Gasteiger partial charge in [0.2, 0.25) is 0 Å². The molecule has 0 radical (unpaired) electrons. The van der Waals surface area contributed by atoms with Gasteiger partial charge in [-0.25, -0.2) is 0 Å². The molecule has 1 fully saturated rings. The number of aromatic nitrogens is 1. The molecule has 1 N–H and O–H groups in total. The molecule has 3 aromatic rings. The minimum absolute atomic E-state index is 0.00570. The van der Waals surface area contributed by atoms with E-state index in [2.05, 4.69) is 34.6 Å². The summed E-state index contributed by atoms with van der Waals surface area (Å²) < 4.78 is 1.33. The highest BCUT2D eigenvalue weighted by Crippen LogP contribution is 2.30. The van der Waals surface area contributed by atoms with Crippen LogP contribution in [-0.2, 0) is 6.42 Å². The average Bonchev–Trinajstić information content (AvgIpc) is 3.22. The summed E-state index contributed by atoms with van der Waals surface area (Å²) in [7, 11) is 0. The number of amides is 1. The number of hydrogen-bond acceptors (Lipinski definition) is 3. The van der Waals surface area contributed by atoms with E-state index in [1.165, 1.54) is 15.6 Å². The van der Waals surface area contributed by atoms with Gasteiger partial charge in [0.05, 0.1) is 0 Å². The van der Waals surface area contributed by atoms with E-state index in [4.69, 9.17) is 0 Å². The van der Waals surface area contributed by atoms with Gasteiger partial charge in [-0.05, 0) is 73.9 Å². The Morgan fingerprint density at radius 1 is 1.25 bits per heavy atom. The number of H-pyrrole nitrogens is 1. The van der Waals surface area contributed by atoms with Gasteiger partial charge in [0.1, 0.15) is 5.69 Å². The lowest BCUT2D eigenvalue weighted by molar-refractivity contribution is 0.0667. The molecule has 0 bridgehead atoms. The largest absolute Gasteiger partial charge is 0.354 e. The fourth-order valence-corrected chi connectivity index (χ4v) is 5.54. The van der Waals surface area contributed by atoms with Crippen molar-refractivity contribution in [2.75, 3.05) is 13.1 Å². The van der Waals surface area contributed by atoms with E-state index >= 15 is 0 Å². The number of aromatic amines is 1. The van der Waals surface area contributed by atoms with Crippen LogP contribution in [0.15, 0.2) is 29.6 Å². The molecule has 146 valence electrons. The molecule has 1 aliphatic heterocycles. The van der Waals surface area contributed by atoms with Gasteiger partial charge < -0.3 is 9.88 Å². The van der Waals surface area contributed by atoms with Crippen molar-refractivity contribution in [1.29, 1.82) is 0 Å². The van der Waals surface area contributed by atoms with Crippen molar-refractivity contribution >= 4 is 33.1 Å². The van der Waals surface area contributed by atoms with E-state index in [1.54, 1.807) is 18.3 Å². The predicted octanol–water partition coefficient (Wildman–Crippen LogP) is 5.14. The maximum absolute atomic E-state index is 13.2. The second kappa shape index (κ2) is 7.55. The van der Waals surface area contributed by atoms with Crippen molar-refractivity contribution in [2.45, 2.75) is 40.0 Å². The zero-order chi connectivity index (χ0) is 19.8. The summed E-state index contributed by atoms with van der Waals surface area (Å²) in [4.78, 5) is 30.2. The second-order valence-electron chi connectivity index (χ2n) is 7.90. The second-order valence-corrected chi connectivity index (χ2v) is 8.81. The maximum Gasteiger partial charge on any atom is 0.270 e. The number of rotatable bonds is 4. The molecule has 1 saturated heterocycles. The Morgan fingerprint density at radius 2 is 2.04 bits per heavy atom. The lowest BCUT2D eigenvalue weighted by atomic mass is 9.91. The number of ketones is 1. The van der Waals surface area contributed by atoms with Crippen LogP contribution < -0.4 is 0 Å². The fourth-order valence-electron chi connectivity index (χ4n) is 4.57. The van der Waals surface area contributed by atoms with Gasteiger partial charge in [-0.1, -0.05) is 18.2 Å². The Bertz CT molecular complexity index is 1050. The van der Waals surface area contributed by atoms with Gasteiger partial charge in [0.25, 0.3) is 5.91 Å². The average molecular weight is 395 g/mol. The first kappa shape index (κ1) is 18.9. The SMILES string of the molecule is CC(=O)c1c(C)[nH]c(C(=O)N2CCC[C@H](Cc3csc4ccccc34)C2)c1C. The molecule has 1 aliphatic rings. The van der Waals surface area contributed by atoms with Crippen LogP contribution in [0.1, 0.15) is 57.4 Å². The summed E-state index contributed by atoms with van der Waals surface area (Å²) in [5, 5.41) is 3.61. The number of piperidine rings is 1. The van der Waals surface area contributed by atoms with Crippen LogP contribution in [0, 0.1) is 19.8 Å². The standard InChI is InChI=1S/C23H26N2O2S/c1-14-21(16(3)26)15(2)24-22(14)23(27)25-10-6-7-17(12-25)11-18-13-28-20-9-5-4-8-19(18)20/h4-5,8-9,13,17,24H,6-7,10-12H2,1-3H3/t17-/m1/s1. The summed E-state index contributed by atoms with van der Waals surface area (Å²) in [5.74, 6) is 0.499. The highest BCUT2D eigenvalue weighted by atomic mass is 32.1. The Labute approximate surface area is 169 Å². The number of hydrogen-bond donors (Lipinski definition) is 1. The minimum atomic E-state index is 0.00570. The topological polar surface area (TPSA) is 53.2 Å². The predicted molar refractivity (Wildman–Crippen MR) is 114 cm³/mol. The molecule has 4 rings (SSSR count). The van der Waals surface area contributed by atoms with Crippen LogP contribution in [0.5, 0.6) is 0 Å². The third kappa shape index (κ3) is 3.39. The van der Waals surface area contributed by atoms with E-state index in [1.807, 2.05) is 18.7 Å². The number of likely N-dealkylation sites (tertiary alicyclic amines) is 1. The van der Waals surface area contributed by atoms with Gasteiger partial charge in [-0.15, -0.1) is 11.3 Å². The molecule has 28 heavy (non-hydrogen) atoms. The number of Topliss-reactive ketones (excluding diaryl/α,β-unsaturated/α-hetero) is 1. The highest BCUT2D eigenvalue weighted by molar-refractivity contribution is 7.17. The summed E-state index contributed by atoms with van der Waals surface area (Å²) in [5.41, 5.74) is 4.18. The number of carbonyl (C=O) groups is 2. The first-order valence-corrected chi connectivity index (χ1v) is 10.8. The number of thiophene rings is 1. The molecule has 0 spiro atoms. The zero-order valence-corrected chi connectivity index (χ0v) is 17.5. The van der Waals surface area contributed by atoms with Crippen LogP contribution >= 0.6 is 11.3 Å². The molecule has 2 aromatic heterocycles. The number of nitrogens with one attached hydrogen (secondary N) is 1.